The van der Waals surface area contributed by atoms with Gasteiger partial charge < -0.3 is 10.1 Å². The first-order valence-electron chi connectivity index (χ1n) is 6.98. The van der Waals surface area contributed by atoms with E-state index in [-0.39, 0.29) is 6.04 Å². The fraction of sp³-hybridized carbons (Fsp3) is 0.294. The lowest BCUT2D eigenvalue weighted by molar-refractivity contribution is 0.411. The molecule has 0 bridgehead atoms. The Kier molecular flexibility index (Phi) is 6.51. The Bertz CT molecular complexity index is 603. The van der Waals surface area contributed by atoms with E-state index < -0.39 is 0 Å². The summed E-state index contributed by atoms with van der Waals surface area (Å²) >= 11 is 5.93. The molecule has 0 radical (unpaired) electrons. The van der Waals surface area contributed by atoms with Gasteiger partial charge in [0.15, 0.2) is 0 Å². The van der Waals surface area contributed by atoms with Crippen LogP contribution in [0.25, 0.3) is 0 Å². The van der Waals surface area contributed by atoms with Crippen LogP contribution in [0.15, 0.2) is 46.9 Å². The zero-order valence-corrected chi connectivity index (χ0v) is 15.9. The fourth-order valence-electron chi connectivity index (χ4n) is 2.27. The molecule has 0 spiro atoms. The Morgan fingerprint density at radius 1 is 1.19 bits per heavy atom. The number of rotatable bonds is 6. The van der Waals surface area contributed by atoms with Crippen LogP contribution < -0.4 is 10.1 Å². The van der Waals surface area contributed by atoms with E-state index >= 15 is 0 Å². The van der Waals surface area contributed by atoms with Crippen LogP contribution in [0.5, 0.6) is 5.75 Å². The third-order valence-electron chi connectivity index (χ3n) is 3.29. The molecule has 0 aliphatic carbocycles. The smallest absolute Gasteiger partial charge is 0.133 e. The first-order valence-corrected chi connectivity index (χ1v) is 8.85. The van der Waals surface area contributed by atoms with E-state index in [1.807, 2.05) is 6.07 Å². The molecule has 2 nitrogen and oxygen atoms in total. The van der Waals surface area contributed by atoms with Crippen LogP contribution in [0.4, 0.5) is 0 Å². The zero-order valence-electron chi connectivity index (χ0n) is 12.2. The van der Waals surface area contributed by atoms with Gasteiger partial charge in [0.2, 0.25) is 0 Å². The fourth-order valence-corrected chi connectivity index (χ4v) is 3.39. The maximum atomic E-state index is 5.32. The van der Waals surface area contributed by atoms with Gasteiger partial charge in [-0.2, -0.15) is 0 Å². The highest BCUT2D eigenvalue weighted by atomic mass is 127. The summed E-state index contributed by atoms with van der Waals surface area (Å²) < 4.78 is 7.55. The van der Waals surface area contributed by atoms with E-state index in [0.29, 0.717) is 0 Å². The maximum Gasteiger partial charge on any atom is 0.133 e. The molecule has 0 heterocycles. The Morgan fingerprint density at radius 2 is 1.95 bits per heavy atom. The molecule has 0 saturated carbocycles. The molecule has 0 aliphatic rings. The summed E-state index contributed by atoms with van der Waals surface area (Å²) in [4.78, 5) is 0. The average Bonchev–Trinajstić information content (AvgIpc) is 2.48. The molecule has 1 N–H and O–H groups in total. The van der Waals surface area contributed by atoms with Gasteiger partial charge in [0.1, 0.15) is 5.75 Å². The summed E-state index contributed by atoms with van der Waals surface area (Å²) in [6.45, 7) is 3.17. The number of halogens is 2. The number of hydrogen-bond donors (Lipinski definition) is 1. The molecule has 112 valence electrons. The Morgan fingerprint density at radius 3 is 2.57 bits per heavy atom. The monoisotopic (exact) mass is 459 g/mol. The van der Waals surface area contributed by atoms with E-state index in [9.17, 15) is 0 Å². The molecular weight excluding hydrogens is 441 g/mol. The number of hydrogen-bond acceptors (Lipinski definition) is 2. The molecule has 4 heteroatoms. The van der Waals surface area contributed by atoms with Gasteiger partial charge in [0.25, 0.3) is 0 Å². The van der Waals surface area contributed by atoms with Crippen molar-refractivity contribution in [1.29, 1.82) is 0 Å². The Hall–Kier alpha value is -0.590. The van der Waals surface area contributed by atoms with E-state index in [1.165, 1.54) is 14.7 Å². The van der Waals surface area contributed by atoms with Crippen molar-refractivity contribution in [3.05, 3.63) is 61.6 Å². The largest absolute Gasteiger partial charge is 0.496 e. The van der Waals surface area contributed by atoms with E-state index in [0.717, 1.165) is 23.2 Å². The molecule has 2 aromatic carbocycles. The lowest BCUT2D eigenvalue weighted by Gasteiger charge is -2.20. The van der Waals surface area contributed by atoms with Crippen molar-refractivity contribution in [1.82, 2.24) is 5.32 Å². The second-order valence-electron chi connectivity index (χ2n) is 4.84. The van der Waals surface area contributed by atoms with Crippen LogP contribution >= 0.6 is 38.5 Å². The third-order valence-corrected chi connectivity index (χ3v) is 4.58. The molecule has 2 rings (SSSR count). The lowest BCUT2D eigenvalue weighted by Crippen LogP contribution is -2.23. The molecular formula is C17H19BrINO. The van der Waals surface area contributed by atoms with Gasteiger partial charge in [0.05, 0.1) is 17.6 Å². The van der Waals surface area contributed by atoms with E-state index in [2.05, 4.69) is 87.2 Å². The predicted octanol–water partition coefficient (Wildman–Crippen LogP) is 5.15. The van der Waals surface area contributed by atoms with Crippen molar-refractivity contribution < 1.29 is 4.74 Å². The Balaban J connectivity index is 2.37. The molecule has 1 atom stereocenters. The van der Waals surface area contributed by atoms with Gasteiger partial charge in [0, 0.05) is 3.57 Å². The summed E-state index contributed by atoms with van der Waals surface area (Å²) in [5.41, 5.74) is 2.52. The van der Waals surface area contributed by atoms with Crippen LogP contribution in [-0.4, -0.2) is 13.7 Å². The summed E-state index contributed by atoms with van der Waals surface area (Å²) in [5, 5.41) is 3.63. The molecule has 2 aromatic rings. The molecule has 0 amide bonds. The van der Waals surface area contributed by atoms with Crippen LogP contribution in [-0.2, 0) is 0 Å². The average molecular weight is 460 g/mol. The number of nitrogens with one attached hydrogen (secondary N) is 1. The first kappa shape index (κ1) is 16.8. The minimum absolute atomic E-state index is 0.196. The normalized spacial score (nSPS) is 12.2. The zero-order chi connectivity index (χ0) is 15.2. The topological polar surface area (TPSA) is 21.3 Å². The molecule has 0 fully saturated rings. The van der Waals surface area contributed by atoms with Crippen LogP contribution in [0.2, 0.25) is 0 Å². The highest BCUT2D eigenvalue weighted by molar-refractivity contribution is 14.1. The van der Waals surface area contributed by atoms with Gasteiger partial charge in [-0.1, -0.05) is 25.1 Å². The lowest BCUT2D eigenvalue weighted by atomic mass is 9.98. The van der Waals surface area contributed by atoms with Crippen molar-refractivity contribution in [3.8, 4) is 5.75 Å². The molecule has 1 unspecified atom stereocenters. The highest BCUT2D eigenvalue weighted by Gasteiger charge is 2.15. The van der Waals surface area contributed by atoms with Crippen molar-refractivity contribution >= 4 is 38.5 Å². The summed E-state index contributed by atoms with van der Waals surface area (Å²) in [6.07, 6.45) is 1.11. The minimum Gasteiger partial charge on any atom is -0.496 e. The predicted molar refractivity (Wildman–Crippen MR) is 100.0 cm³/mol. The van der Waals surface area contributed by atoms with Crippen molar-refractivity contribution in [2.75, 3.05) is 13.7 Å². The number of methoxy groups -OCH3 is 1. The summed E-state index contributed by atoms with van der Waals surface area (Å²) in [6, 6.07) is 15.1. The van der Waals surface area contributed by atoms with Gasteiger partial charge in [-0.3, -0.25) is 0 Å². The third kappa shape index (κ3) is 4.44. The maximum absolute atomic E-state index is 5.32. The van der Waals surface area contributed by atoms with E-state index in [4.69, 9.17) is 4.74 Å². The van der Waals surface area contributed by atoms with Crippen molar-refractivity contribution in [2.45, 2.75) is 19.4 Å². The van der Waals surface area contributed by atoms with Crippen LogP contribution in [0.1, 0.15) is 30.5 Å². The van der Waals surface area contributed by atoms with Crippen LogP contribution in [0.3, 0.4) is 0 Å². The van der Waals surface area contributed by atoms with Crippen molar-refractivity contribution in [3.63, 3.8) is 0 Å². The molecule has 0 saturated heterocycles. The molecule has 0 aliphatic heterocycles. The van der Waals surface area contributed by atoms with Gasteiger partial charge in [-0.25, -0.2) is 0 Å². The Labute approximate surface area is 148 Å². The number of benzene rings is 2. The quantitative estimate of drug-likeness (QED) is 0.603. The highest BCUT2D eigenvalue weighted by Crippen LogP contribution is 2.31. The first-order chi connectivity index (χ1) is 10.2. The SMILES string of the molecule is CCCNC(c1cccc(I)c1)c1ccc(OC)c(Br)c1. The van der Waals surface area contributed by atoms with Gasteiger partial charge >= 0.3 is 0 Å². The van der Waals surface area contributed by atoms with Crippen molar-refractivity contribution in [2.24, 2.45) is 0 Å². The summed E-state index contributed by atoms with van der Waals surface area (Å²) in [5.74, 6) is 0.857. The second-order valence-corrected chi connectivity index (χ2v) is 6.94. The minimum atomic E-state index is 0.196. The number of ether oxygens (including phenoxy) is 1. The molecule has 21 heavy (non-hydrogen) atoms. The molecule has 0 aromatic heterocycles. The van der Waals surface area contributed by atoms with Crippen LogP contribution in [0, 0.1) is 3.57 Å². The van der Waals surface area contributed by atoms with Gasteiger partial charge in [-0.15, -0.1) is 0 Å². The second kappa shape index (κ2) is 8.15. The summed E-state index contributed by atoms with van der Waals surface area (Å²) in [7, 11) is 1.69. The van der Waals surface area contributed by atoms with E-state index in [1.54, 1.807) is 7.11 Å². The van der Waals surface area contributed by atoms with Gasteiger partial charge in [-0.05, 0) is 86.9 Å². The standard InChI is InChI=1S/C17H19BrINO/c1-3-9-20-17(12-5-4-6-14(19)10-12)13-7-8-16(21-2)15(18)11-13/h4-8,10-11,17,20H,3,9H2,1-2H3.